The average Bonchev–Trinajstić information content (AvgIpc) is 2.79. The van der Waals surface area contributed by atoms with Crippen LogP contribution in [0, 0.1) is 12.8 Å². The molecule has 2 aromatic rings. The molecule has 1 aliphatic carbocycles. The Morgan fingerprint density at radius 1 is 1.10 bits per heavy atom. The summed E-state index contributed by atoms with van der Waals surface area (Å²) in [6.07, 6.45) is 9.06. The zero-order chi connectivity index (χ0) is 20.5. The second-order valence-electron chi connectivity index (χ2n) is 8.13. The van der Waals surface area contributed by atoms with Crippen LogP contribution in [0.25, 0.3) is 0 Å². The number of fused-ring (bicyclic) bond motifs is 1. The highest BCUT2D eigenvalue weighted by molar-refractivity contribution is 5.93. The van der Waals surface area contributed by atoms with Crippen LogP contribution in [0.2, 0.25) is 0 Å². The van der Waals surface area contributed by atoms with Crippen molar-refractivity contribution in [3.05, 3.63) is 58.7 Å². The predicted molar refractivity (Wildman–Crippen MR) is 118 cm³/mol. The number of hydrogen-bond acceptors (Lipinski definition) is 7. The third kappa shape index (κ3) is 3.58. The molecule has 156 valence electrons. The van der Waals surface area contributed by atoms with Crippen LogP contribution < -0.4 is 15.8 Å². The molecule has 0 aromatic carbocycles. The first-order valence-corrected chi connectivity index (χ1v) is 10.7. The maximum atomic E-state index is 12.8. The van der Waals surface area contributed by atoms with Crippen LogP contribution in [0.5, 0.6) is 0 Å². The van der Waals surface area contributed by atoms with Crippen molar-refractivity contribution in [2.75, 3.05) is 36.4 Å². The monoisotopic (exact) mass is 405 g/mol. The maximum absolute atomic E-state index is 12.8. The van der Waals surface area contributed by atoms with Gasteiger partial charge in [0.05, 0.1) is 0 Å². The van der Waals surface area contributed by atoms with Crippen molar-refractivity contribution < 1.29 is 0 Å². The SMILES string of the molecule is Cc1cc(=O)n2c(n1)NC(N1CCN(c3ccccn3)CC1)=NC2C1CC=CCC1. The Balaban J connectivity index is 1.40. The topological polar surface area (TPSA) is 78.7 Å². The molecule has 30 heavy (non-hydrogen) atoms. The summed E-state index contributed by atoms with van der Waals surface area (Å²) in [6, 6.07) is 7.61. The average molecular weight is 406 g/mol. The molecule has 2 unspecified atom stereocenters. The van der Waals surface area contributed by atoms with E-state index in [1.807, 2.05) is 31.3 Å². The van der Waals surface area contributed by atoms with Crippen LogP contribution >= 0.6 is 0 Å². The first-order chi connectivity index (χ1) is 14.7. The lowest BCUT2D eigenvalue weighted by Gasteiger charge is -2.40. The number of allylic oxidation sites excluding steroid dienone is 2. The van der Waals surface area contributed by atoms with Crippen molar-refractivity contribution in [3.63, 3.8) is 0 Å². The third-order valence-electron chi connectivity index (χ3n) is 6.11. The van der Waals surface area contributed by atoms with E-state index in [1.165, 1.54) is 0 Å². The fourth-order valence-electron chi connectivity index (χ4n) is 4.52. The summed E-state index contributed by atoms with van der Waals surface area (Å²) in [6.45, 7) is 5.30. The van der Waals surface area contributed by atoms with Crippen LogP contribution in [0.15, 0.2) is 52.4 Å². The minimum atomic E-state index is -0.212. The van der Waals surface area contributed by atoms with Gasteiger partial charge >= 0.3 is 0 Å². The number of nitrogens with zero attached hydrogens (tertiary/aromatic N) is 6. The molecule has 2 aliphatic heterocycles. The highest BCUT2D eigenvalue weighted by atomic mass is 16.1. The van der Waals surface area contributed by atoms with Gasteiger partial charge in [0.1, 0.15) is 12.0 Å². The van der Waals surface area contributed by atoms with Gasteiger partial charge in [-0.1, -0.05) is 18.2 Å². The number of rotatable bonds is 2. The quantitative estimate of drug-likeness (QED) is 0.773. The zero-order valence-corrected chi connectivity index (χ0v) is 17.2. The van der Waals surface area contributed by atoms with Gasteiger partial charge < -0.3 is 9.80 Å². The van der Waals surface area contributed by atoms with E-state index in [0.717, 1.165) is 62.9 Å². The van der Waals surface area contributed by atoms with Crippen molar-refractivity contribution in [2.45, 2.75) is 32.4 Å². The van der Waals surface area contributed by atoms with Crippen LogP contribution in [0.3, 0.4) is 0 Å². The molecular formula is C22H27N7O. The summed E-state index contributed by atoms with van der Waals surface area (Å²) in [4.78, 5) is 31.5. The molecule has 2 aromatic heterocycles. The molecule has 1 N–H and O–H groups in total. The molecule has 2 atom stereocenters. The van der Waals surface area contributed by atoms with E-state index in [2.05, 4.69) is 37.2 Å². The summed E-state index contributed by atoms with van der Waals surface area (Å²) in [5.74, 6) is 2.75. The highest BCUT2D eigenvalue weighted by Gasteiger charge is 2.32. The van der Waals surface area contributed by atoms with Crippen LogP contribution in [0.1, 0.15) is 31.1 Å². The van der Waals surface area contributed by atoms with E-state index in [4.69, 9.17) is 4.99 Å². The first-order valence-electron chi connectivity index (χ1n) is 10.7. The summed E-state index contributed by atoms with van der Waals surface area (Å²) >= 11 is 0. The second-order valence-corrected chi connectivity index (χ2v) is 8.13. The Hall–Kier alpha value is -3.16. The Bertz CT molecular complexity index is 1020. The number of aromatic nitrogens is 3. The van der Waals surface area contributed by atoms with Crippen molar-refractivity contribution >= 4 is 17.7 Å². The number of piperazine rings is 1. The fourth-order valence-corrected chi connectivity index (χ4v) is 4.52. The van der Waals surface area contributed by atoms with Crippen LogP contribution in [-0.2, 0) is 0 Å². The number of anilines is 2. The molecule has 0 saturated carbocycles. The van der Waals surface area contributed by atoms with Gasteiger partial charge in [-0.15, -0.1) is 0 Å². The zero-order valence-electron chi connectivity index (χ0n) is 17.2. The van der Waals surface area contributed by atoms with Gasteiger partial charge in [0.25, 0.3) is 5.56 Å². The van der Waals surface area contributed by atoms with E-state index in [1.54, 1.807) is 10.6 Å². The van der Waals surface area contributed by atoms with Gasteiger partial charge in [0, 0.05) is 50.1 Å². The molecule has 4 heterocycles. The van der Waals surface area contributed by atoms with Crippen molar-refractivity contribution in [3.8, 4) is 0 Å². The van der Waals surface area contributed by atoms with Crippen LogP contribution in [-0.4, -0.2) is 51.6 Å². The molecule has 3 aliphatic rings. The summed E-state index contributed by atoms with van der Waals surface area (Å²) in [5, 5.41) is 3.35. The lowest BCUT2D eigenvalue weighted by atomic mass is 9.91. The van der Waals surface area contributed by atoms with Crippen LogP contribution in [0.4, 0.5) is 11.8 Å². The number of nitrogens with one attached hydrogen (secondary N) is 1. The number of hydrogen-bond donors (Lipinski definition) is 1. The summed E-state index contributed by atoms with van der Waals surface area (Å²) in [5.41, 5.74) is 0.689. The van der Waals surface area contributed by atoms with E-state index in [-0.39, 0.29) is 11.7 Å². The minimum Gasteiger partial charge on any atom is -0.353 e. The third-order valence-corrected chi connectivity index (χ3v) is 6.11. The predicted octanol–water partition coefficient (Wildman–Crippen LogP) is 2.41. The highest BCUT2D eigenvalue weighted by Crippen LogP contribution is 2.34. The van der Waals surface area contributed by atoms with Gasteiger partial charge in [-0.25, -0.2) is 15.0 Å². The number of aryl methyl sites for hydroxylation is 1. The smallest absolute Gasteiger partial charge is 0.256 e. The molecule has 1 saturated heterocycles. The number of pyridine rings is 1. The van der Waals surface area contributed by atoms with E-state index < -0.39 is 0 Å². The van der Waals surface area contributed by atoms with E-state index >= 15 is 0 Å². The van der Waals surface area contributed by atoms with E-state index in [0.29, 0.717) is 11.9 Å². The van der Waals surface area contributed by atoms with Crippen molar-refractivity contribution in [1.29, 1.82) is 0 Å². The maximum Gasteiger partial charge on any atom is 0.256 e. The molecule has 8 heteroatoms. The molecular weight excluding hydrogens is 378 g/mol. The van der Waals surface area contributed by atoms with Gasteiger partial charge in [-0.3, -0.25) is 14.7 Å². The Morgan fingerprint density at radius 3 is 2.67 bits per heavy atom. The summed E-state index contributed by atoms with van der Waals surface area (Å²) < 4.78 is 1.74. The van der Waals surface area contributed by atoms with Crippen molar-refractivity contribution in [1.82, 2.24) is 19.4 Å². The van der Waals surface area contributed by atoms with Gasteiger partial charge in [0.2, 0.25) is 11.9 Å². The lowest BCUT2D eigenvalue weighted by Crippen LogP contribution is -2.53. The molecule has 0 bridgehead atoms. The fraction of sp³-hybridized carbons (Fsp3) is 0.455. The Labute approximate surface area is 176 Å². The first kappa shape index (κ1) is 18.8. The van der Waals surface area contributed by atoms with Gasteiger partial charge in [-0.2, -0.15) is 0 Å². The molecule has 8 nitrogen and oxygen atoms in total. The normalized spacial score (nSPS) is 23.6. The molecule has 0 amide bonds. The largest absolute Gasteiger partial charge is 0.353 e. The minimum absolute atomic E-state index is 0.0349. The lowest BCUT2D eigenvalue weighted by molar-refractivity contribution is 0.296. The van der Waals surface area contributed by atoms with Gasteiger partial charge in [0.15, 0.2) is 0 Å². The van der Waals surface area contributed by atoms with E-state index in [9.17, 15) is 4.79 Å². The van der Waals surface area contributed by atoms with Crippen molar-refractivity contribution in [2.24, 2.45) is 10.9 Å². The second kappa shape index (κ2) is 7.93. The van der Waals surface area contributed by atoms with Gasteiger partial charge in [-0.05, 0) is 38.3 Å². The molecule has 1 fully saturated rings. The summed E-state index contributed by atoms with van der Waals surface area (Å²) in [7, 11) is 0. The number of guanidine groups is 1. The molecule has 0 spiro atoms. The Morgan fingerprint density at radius 2 is 1.93 bits per heavy atom. The molecule has 5 rings (SSSR count). The number of aliphatic imine (C=N–C) groups is 1. The standard InChI is InChI=1S/C22H27N7O/c1-16-15-19(30)29-20(17-7-3-2-4-8-17)25-21(26-22(29)24-16)28-13-11-27(12-14-28)18-9-5-6-10-23-18/h2-3,5-6,9-10,15,17,20H,4,7-8,11-14H2,1H3,(H,24,25,26). The molecule has 0 radical (unpaired) electrons. The Kier molecular flexibility index (Phi) is 4.98.